The molecule has 2 heterocycles. The number of carbonyl (C=O) groups excluding carboxylic acids is 1. The zero-order valence-corrected chi connectivity index (χ0v) is 13.7. The van der Waals surface area contributed by atoms with E-state index in [4.69, 9.17) is 4.74 Å². The molecule has 0 N–H and O–H groups in total. The molecule has 1 amide bonds. The molecular weight excluding hydrogens is 286 g/mol. The van der Waals surface area contributed by atoms with Gasteiger partial charge in [0.2, 0.25) is 5.91 Å². The van der Waals surface area contributed by atoms with Crippen molar-refractivity contribution in [2.45, 2.75) is 44.9 Å². The molecule has 2 aliphatic heterocycles. The third kappa shape index (κ3) is 2.42. The van der Waals surface area contributed by atoms with Gasteiger partial charge in [-0.1, -0.05) is 49.4 Å². The summed E-state index contributed by atoms with van der Waals surface area (Å²) in [7, 11) is 0. The summed E-state index contributed by atoms with van der Waals surface area (Å²) in [5, 5.41) is 0. The molecule has 0 saturated carbocycles. The lowest BCUT2D eigenvalue weighted by Gasteiger charge is -2.45. The average molecular weight is 311 g/mol. The Morgan fingerprint density at radius 2 is 2.09 bits per heavy atom. The van der Waals surface area contributed by atoms with Gasteiger partial charge >= 0.3 is 0 Å². The van der Waals surface area contributed by atoms with E-state index < -0.39 is 0 Å². The van der Waals surface area contributed by atoms with Crippen LogP contribution in [0.25, 0.3) is 0 Å². The molecule has 1 aromatic carbocycles. The molecule has 1 aromatic rings. The molecule has 122 valence electrons. The summed E-state index contributed by atoms with van der Waals surface area (Å²) >= 11 is 0. The summed E-state index contributed by atoms with van der Waals surface area (Å²) in [6.45, 7) is 2.85. The predicted octanol–water partition coefficient (Wildman–Crippen LogP) is 3.92. The highest BCUT2D eigenvalue weighted by molar-refractivity contribution is 5.81. The van der Waals surface area contributed by atoms with Gasteiger partial charge in [0.1, 0.15) is 6.23 Å². The number of carbonyl (C=O) groups is 1. The maximum atomic E-state index is 13.3. The second-order valence-electron chi connectivity index (χ2n) is 7.01. The van der Waals surface area contributed by atoms with Gasteiger partial charge in [0.25, 0.3) is 0 Å². The lowest BCUT2D eigenvalue weighted by molar-refractivity contribution is -0.159. The minimum absolute atomic E-state index is 0.0540. The quantitative estimate of drug-likeness (QED) is 0.775. The van der Waals surface area contributed by atoms with Gasteiger partial charge in [-0.25, -0.2) is 0 Å². The van der Waals surface area contributed by atoms with Gasteiger partial charge in [0.15, 0.2) is 0 Å². The first-order valence-electron chi connectivity index (χ1n) is 8.96. The first kappa shape index (κ1) is 14.9. The maximum absolute atomic E-state index is 13.3. The molecule has 4 rings (SSSR count). The molecule has 3 nitrogen and oxygen atoms in total. The Balaban J connectivity index is 1.70. The summed E-state index contributed by atoms with van der Waals surface area (Å²) in [5.41, 5.74) is 1.20. The molecule has 0 aromatic heterocycles. The molecule has 2 saturated heterocycles. The van der Waals surface area contributed by atoms with Crippen LogP contribution in [0.5, 0.6) is 0 Å². The molecule has 1 aliphatic carbocycles. The lowest BCUT2D eigenvalue weighted by atomic mass is 9.73. The van der Waals surface area contributed by atoms with Crippen molar-refractivity contribution >= 4 is 5.91 Å². The molecule has 0 bridgehead atoms. The van der Waals surface area contributed by atoms with Crippen LogP contribution >= 0.6 is 0 Å². The van der Waals surface area contributed by atoms with E-state index in [9.17, 15) is 4.79 Å². The van der Waals surface area contributed by atoms with Crippen LogP contribution in [0.4, 0.5) is 0 Å². The van der Waals surface area contributed by atoms with Gasteiger partial charge in [-0.05, 0) is 37.2 Å². The van der Waals surface area contributed by atoms with Crippen molar-refractivity contribution in [3.8, 4) is 0 Å². The molecule has 5 atom stereocenters. The summed E-state index contributed by atoms with van der Waals surface area (Å²) < 4.78 is 6.16. The number of ether oxygens (including phenoxy) is 1. The van der Waals surface area contributed by atoms with Gasteiger partial charge in [0.05, 0.1) is 12.6 Å². The Morgan fingerprint density at radius 3 is 2.87 bits per heavy atom. The van der Waals surface area contributed by atoms with Gasteiger partial charge in [-0.2, -0.15) is 0 Å². The number of hydrogen-bond acceptors (Lipinski definition) is 2. The SMILES string of the molecule is CC[C@H]1[C@H]2C=CCCC[C@H]2C(=O)N2[C@@H]1OC[C@H]2c1ccccc1. The van der Waals surface area contributed by atoms with E-state index in [1.807, 2.05) is 18.2 Å². The second kappa shape index (κ2) is 6.12. The minimum atomic E-state index is -0.0540. The van der Waals surface area contributed by atoms with Gasteiger partial charge in [-0.3, -0.25) is 4.79 Å². The number of benzene rings is 1. The van der Waals surface area contributed by atoms with E-state index in [0.29, 0.717) is 24.3 Å². The number of amides is 1. The highest BCUT2D eigenvalue weighted by atomic mass is 16.5. The summed E-state index contributed by atoms with van der Waals surface area (Å²) in [5.74, 6) is 1.22. The van der Waals surface area contributed by atoms with Crippen LogP contribution in [0.3, 0.4) is 0 Å². The van der Waals surface area contributed by atoms with E-state index >= 15 is 0 Å². The predicted molar refractivity (Wildman–Crippen MR) is 89.5 cm³/mol. The van der Waals surface area contributed by atoms with Crippen molar-refractivity contribution in [1.29, 1.82) is 0 Å². The largest absolute Gasteiger partial charge is 0.355 e. The summed E-state index contributed by atoms with van der Waals surface area (Å²) in [6.07, 6.45) is 8.82. The summed E-state index contributed by atoms with van der Waals surface area (Å²) in [4.78, 5) is 15.3. The Labute approximate surface area is 138 Å². The van der Waals surface area contributed by atoms with Crippen molar-refractivity contribution < 1.29 is 9.53 Å². The summed E-state index contributed by atoms with van der Waals surface area (Å²) in [6, 6.07) is 10.4. The Morgan fingerprint density at radius 1 is 1.26 bits per heavy atom. The van der Waals surface area contributed by atoms with Crippen LogP contribution in [-0.4, -0.2) is 23.6 Å². The van der Waals surface area contributed by atoms with Gasteiger partial charge in [0, 0.05) is 11.8 Å². The fraction of sp³-hybridized carbons (Fsp3) is 0.550. The number of fused-ring (bicyclic) bond motifs is 2. The van der Waals surface area contributed by atoms with Crippen LogP contribution in [0.15, 0.2) is 42.5 Å². The highest BCUT2D eigenvalue weighted by Gasteiger charge is 2.52. The van der Waals surface area contributed by atoms with Crippen LogP contribution in [0, 0.1) is 17.8 Å². The number of hydrogen-bond donors (Lipinski definition) is 0. The van der Waals surface area contributed by atoms with E-state index in [1.165, 1.54) is 5.56 Å². The fourth-order valence-corrected chi connectivity index (χ4v) is 4.69. The zero-order chi connectivity index (χ0) is 15.8. The van der Waals surface area contributed by atoms with E-state index in [2.05, 4.69) is 36.1 Å². The highest BCUT2D eigenvalue weighted by Crippen LogP contribution is 2.47. The van der Waals surface area contributed by atoms with Crippen molar-refractivity contribution in [3.63, 3.8) is 0 Å². The van der Waals surface area contributed by atoms with Crippen LogP contribution in [0.1, 0.15) is 44.2 Å². The third-order valence-electron chi connectivity index (χ3n) is 5.83. The van der Waals surface area contributed by atoms with Crippen molar-refractivity contribution in [3.05, 3.63) is 48.0 Å². The number of rotatable bonds is 2. The monoisotopic (exact) mass is 311 g/mol. The van der Waals surface area contributed by atoms with Crippen molar-refractivity contribution in [2.24, 2.45) is 17.8 Å². The molecule has 2 fully saturated rings. The normalized spacial score (nSPS) is 36.5. The Kier molecular flexibility index (Phi) is 3.98. The van der Waals surface area contributed by atoms with Gasteiger partial charge in [-0.15, -0.1) is 0 Å². The maximum Gasteiger partial charge on any atom is 0.228 e. The lowest BCUT2D eigenvalue weighted by Crippen LogP contribution is -2.54. The Bertz CT molecular complexity index is 597. The molecular formula is C20H25NO2. The zero-order valence-electron chi connectivity index (χ0n) is 13.7. The standard InChI is InChI=1S/C20H25NO2/c1-2-15-16-11-7-4-8-12-17(16)19(22)21-18(13-23-20(15)21)14-9-5-3-6-10-14/h3,5-7,9-11,15-18,20H,2,4,8,12-13H2,1H3/t15-,16+,17+,18-,20+/m0/s1. The molecule has 0 spiro atoms. The molecule has 0 unspecified atom stereocenters. The molecule has 0 radical (unpaired) electrons. The fourth-order valence-electron chi connectivity index (χ4n) is 4.69. The van der Waals surface area contributed by atoms with Crippen molar-refractivity contribution in [2.75, 3.05) is 6.61 Å². The number of allylic oxidation sites excluding steroid dienone is 2. The smallest absolute Gasteiger partial charge is 0.228 e. The van der Waals surface area contributed by atoms with Crippen LogP contribution in [0.2, 0.25) is 0 Å². The minimum Gasteiger partial charge on any atom is -0.355 e. The van der Waals surface area contributed by atoms with E-state index in [1.54, 1.807) is 0 Å². The van der Waals surface area contributed by atoms with Crippen LogP contribution < -0.4 is 0 Å². The first-order valence-corrected chi connectivity index (χ1v) is 8.96. The molecule has 3 heteroatoms. The third-order valence-corrected chi connectivity index (χ3v) is 5.83. The molecule has 3 aliphatic rings. The molecule has 23 heavy (non-hydrogen) atoms. The number of nitrogens with zero attached hydrogens (tertiary/aromatic N) is 1. The van der Waals surface area contributed by atoms with Gasteiger partial charge < -0.3 is 9.64 Å². The Hall–Kier alpha value is -1.61. The average Bonchev–Trinajstić information content (AvgIpc) is 2.88. The topological polar surface area (TPSA) is 29.5 Å². The van der Waals surface area contributed by atoms with Crippen molar-refractivity contribution in [1.82, 2.24) is 4.90 Å². The second-order valence-corrected chi connectivity index (χ2v) is 7.01. The number of piperidine rings is 1. The van der Waals surface area contributed by atoms with E-state index in [-0.39, 0.29) is 18.2 Å². The van der Waals surface area contributed by atoms with E-state index in [0.717, 1.165) is 25.7 Å². The van der Waals surface area contributed by atoms with Crippen LogP contribution in [-0.2, 0) is 9.53 Å². The first-order chi connectivity index (χ1) is 11.3.